The number of carbonyl (C=O) groups is 1. The molecule has 0 aliphatic carbocycles. The molecule has 1 aliphatic rings. The number of piperidine rings is 1. The lowest BCUT2D eigenvalue weighted by atomic mass is 9.88. The fraction of sp³-hybridized carbons (Fsp3) is 0.400. The van der Waals surface area contributed by atoms with Crippen molar-refractivity contribution in [3.63, 3.8) is 0 Å². The van der Waals surface area contributed by atoms with Gasteiger partial charge in [0.1, 0.15) is 6.29 Å². The van der Waals surface area contributed by atoms with Gasteiger partial charge in [-0.15, -0.1) is 0 Å². The zero-order valence-corrected chi connectivity index (χ0v) is 12.2. The van der Waals surface area contributed by atoms with Gasteiger partial charge in [0.25, 0.3) is 5.89 Å². The van der Waals surface area contributed by atoms with Crippen molar-refractivity contribution in [2.75, 3.05) is 6.54 Å². The van der Waals surface area contributed by atoms with E-state index in [2.05, 4.69) is 15.5 Å². The highest BCUT2D eigenvalue weighted by Crippen LogP contribution is 2.23. The predicted octanol–water partition coefficient (Wildman–Crippen LogP) is 2.50. The molecule has 6 heteroatoms. The number of carbonyl (C=O) groups excluding carboxylic acids is 1. The molecule has 0 saturated carbocycles. The van der Waals surface area contributed by atoms with Crippen molar-refractivity contribution in [1.29, 1.82) is 0 Å². The van der Waals surface area contributed by atoms with Crippen LogP contribution in [0.25, 0.3) is 11.5 Å². The Morgan fingerprint density at radius 2 is 2.38 bits per heavy atom. The van der Waals surface area contributed by atoms with Gasteiger partial charge in [-0.25, -0.2) is 0 Å². The molecule has 2 atom stereocenters. The van der Waals surface area contributed by atoms with Crippen LogP contribution in [0.4, 0.5) is 0 Å². The number of nitrogens with one attached hydrogen (secondary N) is 1. The second-order valence-corrected chi connectivity index (χ2v) is 5.68. The third-order valence-electron chi connectivity index (χ3n) is 3.77. The summed E-state index contributed by atoms with van der Waals surface area (Å²) >= 11 is 5.96. The molecule has 1 aromatic heterocycles. The molecular weight excluding hydrogens is 290 g/mol. The highest BCUT2D eigenvalue weighted by atomic mass is 35.5. The normalized spacial score (nSPS) is 22.1. The summed E-state index contributed by atoms with van der Waals surface area (Å²) in [6.07, 6.45) is 3.67. The lowest BCUT2D eigenvalue weighted by Crippen LogP contribution is -2.43. The topological polar surface area (TPSA) is 68.0 Å². The van der Waals surface area contributed by atoms with E-state index in [0.717, 1.165) is 31.2 Å². The molecule has 2 unspecified atom stereocenters. The Balaban J connectivity index is 1.74. The zero-order valence-electron chi connectivity index (χ0n) is 11.5. The van der Waals surface area contributed by atoms with Gasteiger partial charge in [0, 0.05) is 17.0 Å². The van der Waals surface area contributed by atoms with Crippen LogP contribution in [0, 0.1) is 5.92 Å². The van der Waals surface area contributed by atoms with Crippen molar-refractivity contribution in [2.24, 2.45) is 5.92 Å². The highest BCUT2D eigenvalue weighted by Gasteiger charge is 2.26. The van der Waals surface area contributed by atoms with Crippen LogP contribution in [0.3, 0.4) is 0 Å². The van der Waals surface area contributed by atoms with E-state index in [4.69, 9.17) is 16.1 Å². The van der Waals surface area contributed by atoms with Crippen molar-refractivity contribution >= 4 is 17.9 Å². The Hall–Kier alpha value is -1.72. The number of nitrogens with zero attached hydrogens (tertiary/aromatic N) is 2. The van der Waals surface area contributed by atoms with E-state index in [-0.39, 0.29) is 12.0 Å². The summed E-state index contributed by atoms with van der Waals surface area (Å²) in [5, 5.41) is 7.85. The summed E-state index contributed by atoms with van der Waals surface area (Å²) in [6.45, 7) is 0.889. The first-order valence-electron chi connectivity index (χ1n) is 7.03. The Morgan fingerprint density at radius 3 is 3.19 bits per heavy atom. The van der Waals surface area contributed by atoms with Crippen molar-refractivity contribution in [3.8, 4) is 11.5 Å². The largest absolute Gasteiger partial charge is 0.334 e. The van der Waals surface area contributed by atoms with Gasteiger partial charge in [0.05, 0.1) is 6.04 Å². The summed E-state index contributed by atoms with van der Waals surface area (Å²) in [5.74, 6) is 1.31. The van der Waals surface area contributed by atoms with Crippen LogP contribution < -0.4 is 5.32 Å². The number of hydrogen-bond acceptors (Lipinski definition) is 5. The molecule has 1 N–H and O–H groups in total. The number of aldehydes is 1. The minimum absolute atomic E-state index is 0.119. The van der Waals surface area contributed by atoms with Gasteiger partial charge in [0.2, 0.25) is 0 Å². The van der Waals surface area contributed by atoms with Gasteiger partial charge in [0.15, 0.2) is 5.82 Å². The third-order valence-corrected chi connectivity index (χ3v) is 4.01. The van der Waals surface area contributed by atoms with Crippen LogP contribution in [0.2, 0.25) is 5.02 Å². The maximum atomic E-state index is 11.1. The van der Waals surface area contributed by atoms with Crippen LogP contribution >= 0.6 is 11.6 Å². The lowest BCUT2D eigenvalue weighted by molar-refractivity contribution is -0.111. The van der Waals surface area contributed by atoms with Gasteiger partial charge >= 0.3 is 0 Å². The number of halogens is 1. The Morgan fingerprint density at radius 1 is 1.48 bits per heavy atom. The SMILES string of the molecule is O=CC1NCCCC1Cc1noc(-c2cccc(Cl)c2)n1. The van der Waals surface area contributed by atoms with Gasteiger partial charge < -0.3 is 14.6 Å². The first kappa shape index (κ1) is 14.2. The molecule has 0 radical (unpaired) electrons. The van der Waals surface area contributed by atoms with Crippen molar-refractivity contribution in [2.45, 2.75) is 25.3 Å². The standard InChI is InChI=1S/C15H16ClN3O2/c16-12-5-1-3-11(7-12)15-18-14(19-21-15)8-10-4-2-6-17-13(10)9-20/h1,3,5,7,9-10,13,17H,2,4,6,8H2. The Bertz CT molecular complexity index is 629. The molecule has 2 heterocycles. The van der Waals surface area contributed by atoms with Crippen LogP contribution in [-0.4, -0.2) is 29.0 Å². The minimum Gasteiger partial charge on any atom is -0.334 e. The number of aromatic nitrogens is 2. The molecule has 110 valence electrons. The van der Waals surface area contributed by atoms with E-state index >= 15 is 0 Å². The molecule has 1 saturated heterocycles. The Kier molecular flexibility index (Phi) is 4.31. The molecule has 1 aromatic carbocycles. The maximum Gasteiger partial charge on any atom is 0.257 e. The quantitative estimate of drug-likeness (QED) is 0.879. The van der Waals surface area contributed by atoms with Crippen molar-refractivity contribution in [1.82, 2.24) is 15.5 Å². The van der Waals surface area contributed by atoms with Gasteiger partial charge in [-0.2, -0.15) is 4.98 Å². The average molecular weight is 306 g/mol. The van der Waals surface area contributed by atoms with Gasteiger partial charge in [-0.05, 0) is 43.5 Å². The van der Waals surface area contributed by atoms with Crippen LogP contribution in [0.1, 0.15) is 18.7 Å². The smallest absolute Gasteiger partial charge is 0.257 e. The molecule has 1 fully saturated rings. The molecule has 0 spiro atoms. The van der Waals surface area contributed by atoms with Crippen LogP contribution in [0.5, 0.6) is 0 Å². The fourth-order valence-corrected chi connectivity index (χ4v) is 2.87. The molecule has 21 heavy (non-hydrogen) atoms. The second-order valence-electron chi connectivity index (χ2n) is 5.25. The first-order chi connectivity index (χ1) is 10.3. The molecule has 5 nitrogen and oxygen atoms in total. The predicted molar refractivity (Wildman–Crippen MR) is 79.0 cm³/mol. The fourth-order valence-electron chi connectivity index (χ4n) is 2.68. The van der Waals surface area contributed by atoms with E-state index in [9.17, 15) is 4.79 Å². The molecule has 0 amide bonds. The van der Waals surface area contributed by atoms with Crippen LogP contribution in [0.15, 0.2) is 28.8 Å². The second kappa shape index (κ2) is 6.37. The number of hydrogen-bond donors (Lipinski definition) is 1. The molecule has 3 rings (SSSR count). The maximum absolute atomic E-state index is 11.1. The number of rotatable bonds is 4. The van der Waals surface area contributed by atoms with Crippen molar-refractivity contribution in [3.05, 3.63) is 35.1 Å². The first-order valence-corrected chi connectivity index (χ1v) is 7.41. The molecule has 0 bridgehead atoms. The van der Waals surface area contributed by atoms with E-state index in [1.807, 2.05) is 12.1 Å². The summed E-state index contributed by atoms with van der Waals surface area (Å²) in [4.78, 5) is 15.5. The zero-order chi connectivity index (χ0) is 14.7. The summed E-state index contributed by atoms with van der Waals surface area (Å²) in [7, 11) is 0. The average Bonchev–Trinajstić information content (AvgIpc) is 2.96. The minimum atomic E-state index is -0.119. The van der Waals surface area contributed by atoms with Crippen LogP contribution in [-0.2, 0) is 11.2 Å². The van der Waals surface area contributed by atoms with E-state index in [1.165, 1.54) is 0 Å². The third kappa shape index (κ3) is 3.31. The van der Waals surface area contributed by atoms with Crippen molar-refractivity contribution < 1.29 is 9.32 Å². The molecule has 1 aliphatic heterocycles. The summed E-state index contributed by atoms with van der Waals surface area (Å²) in [6, 6.07) is 7.18. The van der Waals surface area contributed by atoms with E-state index < -0.39 is 0 Å². The summed E-state index contributed by atoms with van der Waals surface area (Å²) < 4.78 is 5.29. The molecular formula is C15H16ClN3O2. The Labute approximate surface area is 127 Å². The van der Waals surface area contributed by atoms with Gasteiger partial charge in [-0.3, -0.25) is 0 Å². The highest BCUT2D eigenvalue weighted by molar-refractivity contribution is 6.30. The lowest BCUT2D eigenvalue weighted by Gasteiger charge is -2.27. The monoisotopic (exact) mass is 305 g/mol. The van der Waals surface area contributed by atoms with E-state index in [1.54, 1.807) is 12.1 Å². The van der Waals surface area contributed by atoms with Gasteiger partial charge in [-0.1, -0.05) is 22.8 Å². The number of benzene rings is 1. The van der Waals surface area contributed by atoms with E-state index in [0.29, 0.717) is 23.2 Å². The summed E-state index contributed by atoms with van der Waals surface area (Å²) in [5.41, 5.74) is 0.801. The molecule has 2 aromatic rings.